The molecule has 0 N–H and O–H groups in total. The first-order valence-corrected chi connectivity index (χ1v) is 6.82. The minimum absolute atomic E-state index is 0.705. The number of hydrogen-bond acceptors (Lipinski definition) is 2. The molecule has 2 heterocycles. The summed E-state index contributed by atoms with van der Waals surface area (Å²) in [7, 11) is 0. The average Bonchev–Trinajstić information content (AvgIpc) is 2.79. The maximum Gasteiger partial charge on any atom is 0.122 e. The van der Waals surface area contributed by atoms with Gasteiger partial charge in [0.2, 0.25) is 0 Å². The highest BCUT2D eigenvalue weighted by Crippen LogP contribution is 2.41. The Hall–Kier alpha value is -1.02. The Morgan fingerprint density at radius 1 is 1.29 bits per heavy atom. The van der Waals surface area contributed by atoms with Crippen LogP contribution in [-0.2, 0) is 0 Å². The average molecular weight is 231 g/mol. The molecular formula is C15H21NO. The van der Waals surface area contributed by atoms with Crippen molar-refractivity contribution >= 4 is 0 Å². The number of benzene rings is 1. The first kappa shape index (κ1) is 11.1. The standard InChI is InChI=1S/C15H21NO/c1-2-3-8-16-9-12-11-17-15-7-5-4-6-13(15)14(12)10-16/h4-7,12,14H,2-3,8-11H2,1H3/t12-,14-/m1/s1. The molecule has 0 aromatic heterocycles. The van der Waals surface area contributed by atoms with Crippen LogP contribution in [0.5, 0.6) is 5.75 Å². The molecule has 0 amide bonds. The van der Waals surface area contributed by atoms with Gasteiger partial charge in [0.05, 0.1) is 6.61 Å². The third-order valence-electron chi connectivity index (χ3n) is 4.12. The van der Waals surface area contributed by atoms with Crippen LogP contribution in [0.15, 0.2) is 24.3 Å². The molecule has 1 aromatic carbocycles. The second kappa shape index (κ2) is 4.69. The fraction of sp³-hybridized carbons (Fsp3) is 0.600. The SMILES string of the molecule is CCCCN1C[C@@H]2COc3ccccc3[C@@H]2C1. The molecule has 0 bridgehead atoms. The minimum Gasteiger partial charge on any atom is -0.493 e. The van der Waals surface area contributed by atoms with Crippen molar-refractivity contribution in [3.63, 3.8) is 0 Å². The Morgan fingerprint density at radius 2 is 2.18 bits per heavy atom. The highest BCUT2D eigenvalue weighted by atomic mass is 16.5. The van der Waals surface area contributed by atoms with Crippen LogP contribution in [0.4, 0.5) is 0 Å². The molecule has 1 saturated heterocycles. The normalized spacial score (nSPS) is 27.4. The fourth-order valence-electron chi connectivity index (χ4n) is 3.16. The molecule has 2 heteroatoms. The summed E-state index contributed by atoms with van der Waals surface area (Å²) >= 11 is 0. The number of hydrogen-bond donors (Lipinski definition) is 0. The van der Waals surface area contributed by atoms with Crippen molar-refractivity contribution in [3.8, 4) is 5.75 Å². The van der Waals surface area contributed by atoms with Gasteiger partial charge in [-0.25, -0.2) is 0 Å². The molecular weight excluding hydrogens is 210 g/mol. The summed E-state index contributed by atoms with van der Waals surface area (Å²) in [6.45, 7) is 6.88. The van der Waals surface area contributed by atoms with Crippen LogP contribution < -0.4 is 4.74 Å². The molecule has 17 heavy (non-hydrogen) atoms. The maximum absolute atomic E-state index is 5.86. The van der Waals surface area contributed by atoms with E-state index < -0.39 is 0 Å². The zero-order chi connectivity index (χ0) is 11.7. The Kier molecular flexibility index (Phi) is 3.06. The van der Waals surface area contributed by atoms with Gasteiger partial charge >= 0.3 is 0 Å². The van der Waals surface area contributed by atoms with Crippen LogP contribution in [0.25, 0.3) is 0 Å². The van der Waals surface area contributed by atoms with E-state index in [0.29, 0.717) is 11.8 Å². The summed E-state index contributed by atoms with van der Waals surface area (Å²) < 4.78 is 5.86. The van der Waals surface area contributed by atoms with E-state index in [9.17, 15) is 0 Å². The van der Waals surface area contributed by atoms with Crippen molar-refractivity contribution in [3.05, 3.63) is 29.8 Å². The molecule has 3 rings (SSSR count). The number of rotatable bonds is 3. The number of fused-ring (bicyclic) bond motifs is 3. The van der Waals surface area contributed by atoms with Gasteiger partial charge in [0.25, 0.3) is 0 Å². The largest absolute Gasteiger partial charge is 0.493 e. The smallest absolute Gasteiger partial charge is 0.122 e. The van der Waals surface area contributed by atoms with Gasteiger partial charge in [0.15, 0.2) is 0 Å². The zero-order valence-electron chi connectivity index (χ0n) is 10.6. The molecule has 1 aromatic rings. The van der Waals surface area contributed by atoms with Crippen molar-refractivity contribution in [1.29, 1.82) is 0 Å². The molecule has 1 fully saturated rings. The van der Waals surface area contributed by atoms with Gasteiger partial charge in [0, 0.05) is 24.9 Å². The predicted octanol–water partition coefficient (Wildman–Crippen LogP) is 2.89. The molecule has 0 saturated carbocycles. The molecule has 2 atom stereocenters. The van der Waals surface area contributed by atoms with E-state index in [1.54, 1.807) is 0 Å². The van der Waals surface area contributed by atoms with E-state index in [1.807, 2.05) is 0 Å². The summed E-state index contributed by atoms with van der Waals surface area (Å²) in [6, 6.07) is 8.57. The lowest BCUT2D eigenvalue weighted by Crippen LogP contribution is -2.25. The lowest BCUT2D eigenvalue weighted by molar-refractivity contribution is 0.212. The van der Waals surface area contributed by atoms with E-state index in [0.717, 1.165) is 12.4 Å². The molecule has 92 valence electrons. The highest BCUT2D eigenvalue weighted by Gasteiger charge is 2.37. The molecule has 0 radical (unpaired) electrons. The number of nitrogens with zero attached hydrogens (tertiary/aromatic N) is 1. The first-order chi connectivity index (χ1) is 8.38. The summed E-state index contributed by atoms with van der Waals surface area (Å²) in [6.07, 6.45) is 2.61. The van der Waals surface area contributed by atoms with Crippen LogP contribution in [-0.4, -0.2) is 31.1 Å². The van der Waals surface area contributed by atoms with Crippen LogP contribution in [0.2, 0.25) is 0 Å². The molecule has 0 unspecified atom stereocenters. The van der Waals surface area contributed by atoms with Gasteiger partial charge < -0.3 is 9.64 Å². The quantitative estimate of drug-likeness (QED) is 0.793. The van der Waals surface area contributed by atoms with Crippen molar-refractivity contribution < 1.29 is 4.74 Å². The highest BCUT2D eigenvalue weighted by molar-refractivity contribution is 5.39. The van der Waals surface area contributed by atoms with Crippen LogP contribution >= 0.6 is 0 Å². The molecule has 0 spiro atoms. The zero-order valence-corrected chi connectivity index (χ0v) is 10.6. The van der Waals surface area contributed by atoms with Crippen molar-refractivity contribution in [1.82, 2.24) is 4.90 Å². The van der Waals surface area contributed by atoms with E-state index in [4.69, 9.17) is 4.74 Å². The Bertz CT molecular complexity index is 390. The monoisotopic (exact) mass is 231 g/mol. The van der Waals surface area contributed by atoms with Crippen molar-refractivity contribution in [2.45, 2.75) is 25.7 Å². The molecule has 2 nitrogen and oxygen atoms in total. The van der Waals surface area contributed by atoms with Crippen LogP contribution in [0.3, 0.4) is 0 Å². The Labute approximate surface area is 104 Å². The molecule has 2 aliphatic rings. The van der Waals surface area contributed by atoms with Crippen molar-refractivity contribution in [2.75, 3.05) is 26.2 Å². The van der Waals surface area contributed by atoms with Gasteiger partial charge in [-0.3, -0.25) is 0 Å². The number of ether oxygens (including phenoxy) is 1. The second-order valence-electron chi connectivity index (χ2n) is 5.33. The lowest BCUT2D eigenvalue weighted by Gasteiger charge is -2.27. The van der Waals surface area contributed by atoms with E-state index >= 15 is 0 Å². The fourth-order valence-corrected chi connectivity index (χ4v) is 3.16. The summed E-state index contributed by atoms with van der Waals surface area (Å²) in [5.41, 5.74) is 1.43. The maximum atomic E-state index is 5.86. The third kappa shape index (κ3) is 2.06. The van der Waals surface area contributed by atoms with E-state index in [1.165, 1.54) is 38.0 Å². The third-order valence-corrected chi connectivity index (χ3v) is 4.12. The second-order valence-corrected chi connectivity index (χ2v) is 5.33. The van der Waals surface area contributed by atoms with Crippen molar-refractivity contribution in [2.24, 2.45) is 5.92 Å². The van der Waals surface area contributed by atoms with Crippen LogP contribution in [0, 0.1) is 5.92 Å². The summed E-state index contributed by atoms with van der Waals surface area (Å²) in [4.78, 5) is 2.62. The topological polar surface area (TPSA) is 12.5 Å². The Balaban J connectivity index is 1.75. The van der Waals surface area contributed by atoms with Gasteiger partial charge in [-0.1, -0.05) is 31.5 Å². The lowest BCUT2D eigenvalue weighted by atomic mass is 9.87. The first-order valence-electron chi connectivity index (χ1n) is 6.82. The Morgan fingerprint density at radius 3 is 3.06 bits per heavy atom. The molecule has 2 aliphatic heterocycles. The van der Waals surface area contributed by atoms with Gasteiger partial charge in [0.1, 0.15) is 5.75 Å². The number of unbranched alkanes of at least 4 members (excludes halogenated alkanes) is 1. The number of likely N-dealkylation sites (tertiary alicyclic amines) is 1. The van der Waals surface area contributed by atoms with Gasteiger partial charge in [-0.15, -0.1) is 0 Å². The van der Waals surface area contributed by atoms with Gasteiger partial charge in [-0.05, 0) is 24.6 Å². The summed E-state index contributed by atoms with van der Waals surface area (Å²) in [5.74, 6) is 2.53. The van der Waals surface area contributed by atoms with E-state index in [-0.39, 0.29) is 0 Å². The van der Waals surface area contributed by atoms with E-state index in [2.05, 4.69) is 36.1 Å². The van der Waals surface area contributed by atoms with Gasteiger partial charge in [-0.2, -0.15) is 0 Å². The van der Waals surface area contributed by atoms with Crippen LogP contribution in [0.1, 0.15) is 31.2 Å². The number of para-hydroxylation sites is 1. The molecule has 0 aliphatic carbocycles. The summed E-state index contributed by atoms with van der Waals surface area (Å²) in [5, 5.41) is 0. The minimum atomic E-state index is 0.705. The predicted molar refractivity (Wildman–Crippen MR) is 69.5 cm³/mol.